The van der Waals surface area contributed by atoms with Gasteiger partial charge in [0.1, 0.15) is 16.9 Å². The van der Waals surface area contributed by atoms with E-state index in [2.05, 4.69) is 24.3 Å². The summed E-state index contributed by atoms with van der Waals surface area (Å²) in [6.45, 7) is 0.564. The molecule has 0 aliphatic heterocycles. The summed E-state index contributed by atoms with van der Waals surface area (Å²) >= 11 is 0. The van der Waals surface area contributed by atoms with Crippen molar-refractivity contribution < 1.29 is 13.6 Å². The Labute approximate surface area is 144 Å². The van der Waals surface area contributed by atoms with Gasteiger partial charge in [0.25, 0.3) is 0 Å². The van der Waals surface area contributed by atoms with Gasteiger partial charge in [-0.25, -0.2) is 4.79 Å². The Morgan fingerprint density at radius 1 is 0.920 bits per heavy atom. The Kier molecular flexibility index (Phi) is 4.25. The van der Waals surface area contributed by atoms with E-state index in [1.54, 1.807) is 12.3 Å². The van der Waals surface area contributed by atoms with E-state index in [1.807, 2.05) is 18.2 Å². The first-order valence-electron chi connectivity index (χ1n) is 8.41. The molecule has 2 aromatic carbocycles. The molecule has 2 heterocycles. The third kappa shape index (κ3) is 3.43. The summed E-state index contributed by atoms with van der Waals surface area (Å²) in [6.07, 6.45) is 4.60. The first kappa shape index (κ1) is 15.5. The molecule has 0 amide bonds. The van der Waals surface area contributed by atoms with Gasteiger partial charge in [-0.15, -0.1) is 0 Å². The minimum absolute atomic E-state index is 0.419. The van der Waals surface area contributed by atoms with Crippen molar-refractivity contribution >= 4 is 21.9 Å². The van der Waals surface area contributed by atoms with E-state index in [4.69, 9.17) is 13.6 Å². The van der Waals surface area contributed by atoms with Gasteiger partial charge in [0.15, 0.2) is 0 Å². The zero-order valence-corrected chi connectivity index (χ0v) is 13.7. The molecule has 2 aromatic heterocycles. The number of hydrogen-bond acceptors (Lipinski definition) is 4. The maximum Gasteiger partial charge on any atom is 0.339 e. The molecule has 0 fully saturated rings. The van der Waals surface area contributed by atoms with Crippen molar-refractivity contribution in [1.29, 1.82) is 0 Å². The van der Waals surface area contributed by atoms with Crippen LogP contribution in [0.2, 0.25) is 0 Å². The van der Waals surface area contributed by atoms with E-state index in [0.717, 1.165) is 30.0 Å². The predicted octanol–water partition coefficient (Wildman–Crippen LogP) is 4.94. The molecule has 4 aromatic rings. The molecule has 4 nitrogen and oxygen atoms in total. The van der Waals surface area contributed by atoms with Crippen molar-refractivity contribution in [3.63, 3.8) is 0 Å². The number of benzene rings is 2. The third-order valence-electron chi connectivity index (χ3n) is 4.24. The van der Waals surface area contributed by atoms with Gasteiger partial charge in [0, 0.05) is 11.5 Å². The van der Waals surface area contributed by atoms with Gasteiger partial charge in [-0.3, -0.25) is 0 Å². The van der Waals surface area contributed by atoms with Crippen LogP contribution in [-0.4, -0.2) is 6.61 Å². The summed E-state index contributed by atoms with van der Waals surface area (Å²) < 4.78 is 16.5. The van der Waals surface area contributed by atoms with Crippen LogP contribution < -0.4 is 10.4 Å². The highest BCUT2D eigenvalue weighted by atomic mass is 16.5. The molecule has 0 N–H and O–H groups in total. The van der Waals surface area contributed by atoms with E-state index < -0.39 is 5.63 Å². The van der Waals surface area contributed by atoms with Crippen molar-refractivity contribution in [2.45, 2.75) is 19.3 Å². The molecule has 4 rings (SSSR count). The fourth-order valence-electron chi connectivity index (χ4n) is 2.97. The maximum atomic E-state index is 11.8. The molecule has 0 aliphatic rings. The van der Waals surface area contributed by atoms with Gasteiger partial charge >= 0.3 is 5.63 Å². The fraction of sp³-hybridized carbons (Fsp3) is 0.190. The molecule has 0 aliphatic carbocycles. The zero-order chi connectivity index (χ0) is 17.1. The smallest absolute Gasteiger partial charge is 0.339 e. The number of ether oxygens (including phenoxy) is 1. The van der Waals surface area contributed by atoms with Crippen LogP contribution >= 0.6 is 0 Å². The molecule has 0 unspecified atom stereocenters. The lowest BCUT2D eigenvalue weighted by Gasteiger charge is -2.08. The number of hydrogen-bond donors (Lipinski definition) is 0. The van der Waals surface area contributed by atoms with Crippen molar-refractivity contribution in [1.82, 2.24) is 0 Å². The Morgan fingerprint density at radius 2 is 1.80 bits per heavy atom. The second-order valence-electron chi connectivity index (χ2n) is 6.03. The standard InChI is InChI=1S/C21H18O4/c22-21-14-19(23-10-5-4-8-15-6-2-1-3-7-15)17-12-16-9-11-24-18(16)13-20(17)25-21/h1-3,6-7,9,11-14H,4-5,8,10H2. The van der Waals surface area contributed by atoms with Gasteiger partial charge in [-0.1, -0.05) is 30.3 Å². The summed E-state index contributed by atoms with van der Waals surface area (Å²) in [4.78, 5) is 11.8. The van der Waals surface area contributed by atoms with Crippen molar-refractivity contribution in [2.24, 2.45) is 0 Å². The topological polar surface area (TPSA) is 52.6 Å². The Bertz CT molecular complexity index is 1040. The molecule has 4 heteroatoms. The average molecular weight is 334 g/mol. The van der Waals surface area contributed by atoms with Crippen molar-refractivity contribution in [2.75, 3.05) is 6.61 Å². The Hall–Kier alpha value is -3.01. The average Bonchev–Trinajstić information content (AvgIpc) is 3.08. The SMILES string of the molecule is O=c1cc(OCCCCc2ccccc2)c2cc3ccoc3cc2o1. The largest absolute Gasteiger partial charge is 0.493 e. The lowest BCUT2D eigenvalue weighted by atomic mass is 10.1. The van der Waals surface area contributed by atoms with Crippen LogP contribution in [0.25, 0.3) is 21.9 Å². The summed E-state index contributed by atoms with van der Waals surface area (Å²) in [5.41, 5.74) is 2.08. The van der Waals surface area contributed by atoms with Gasteiger partial charge in [0.2, 0.25) is 0 Å². The van der Waals surface area contributed by atoms with Crippen LogP contribution in [0.4, 0.5) is 0 Å². The van der Waals surface area contributed by atoms with Crippen molar-refractivity contribution in [3.8, 4) is 5.75 Å². The zero-order valence-electron chi connectivity index (χ0n) is 13.7. The highest BCUT2D eigenvalue weighted by Crippen LogP contribution is 2.29. The Balaban J connectivity index is 1.46. The van der Waals surface area contributed by atoms with Gasteiger partial charge in [-0.2, -0.15) is 0 Å². The second-order valence-corrected chi connectivity index (χ2v) is 6.03. The molecular weight excluding hydrogens is 316 g/mol. The molecule has 126 valence electrons. The van der Waals surface area contributed by atoms with Crippen LogP contribution in [0, 0.1) is 0 Å². The highest BCUT2D eigenvalue weighted by Gasteiger charge is 2.10. The molecule has 0 spiro atoms. The quantitative estimate of drug-likeness (QED) is 0.370. The minimum atomic E-state index is -0.419. The first-order chi connectivity index (χ1) is 12.3. The molecule has 0 saturated carbocycles. The van der Waals surface area contributed by atoms with E-state index in [9.17, 15) is 4.79 Å². The van der Waals surface area contributed by atoms with Crippen LogP contribution in [0.1, 0.15) is 18.4 Å². The normalized spacial score (nSPS) is 11.2. The molecule has 25 heavy (non-hydrogen) atoms. The molecule has 0 atom stereocenters. The van der Waals surface area contributed by atoms with Crippen LogP contribution in [-0.2, 0) is 6.42 Å². The summed E-state index contributed by atoms with van der Waals surface area (Å²) in [5.74, 6) is 0.564. The highest BCUT2D eigenvalue weighted by molar-refractivity contribution is 5.95. The summed E-state index contributed by atoms with van der Waals surface area (Å²) in [5, 5.41) is 1.74. The van der Waals surface area contributed by atoms with E-state index in [-0.39, 0.29) is 0 Å². The summed E-state index contributed by atoms with van der Waals surface area (Å²) in [7, 11) is 0. The number of rotatable bonds is 6. The Morgan fingerprint density at radius 3 is 2.68 bits per heavy atom. The number of furan rings is 1. The maximum absolute atomic E-state index is 11.8. The minimum Gasteiger partial charge on any atom is -0.493 e. The third-order valence-corrected chi connectivity index (χ3v) is 4.24. The molecule has 0 radical (unpaired) electrons. The number of unbranched alkanes of at least 4 members (excludes halogenated alkanes) is 1. The number of fused-ring (bicyclic) bond motifs is 2. The molecule has 0 bridgehead atoms. The van der Waals surface area contributed by atoms with E-state index in [1.165, 1.54) is 11.6 Å². The van der Waals surface area contributed by atoms with Crippen LogP contribution in [0.5, 0.6) is 5.75 Å². The van der Waals surface area contributed by atoms with Crippen LogP contribution in [0.3, 0.4) is 0 Å². The predicted molar refractivity (Wildman–Crippen MR) is 97.1 cm³/mol. The lowest BCUT2D eigenvalue weighted by molar-refractivity contribution is 0.308. The van der Waals surface area contributed by atoms with Gasteiger partial charge < -0.3 is 13.6 Å². The molecule has 0 saturated heterocycles. The van der Waals surface area contributed by atoms with E-state index in [0.29, 0.717) is 23.5 Å². The van der Waals surface area contributed by atoms with Crippen molar-refractivity contribution in [3.05, 3.63) is 76.8 Å². The van der Waals surface area contributed by atoms with Gasteiger partial charge in [0.05, 0.1) is 24.3 Å². The lowest BCUT2D eigenvalue weighted by Crippen LogP contribution is -2.03. The van der Waals surface area contributed by atoms with Gasteiger partial charge in [-0.05, 0) is 37.0 Å². The second kappa shape index (κ2) is 6.85. The monoisotopic (exact) mass is 334 g/mol. The first-order valence-corrected chi connectivity index (χ1v) is 8.41. The number of aryl methyl sites for hydroxylation is 1. The summed E-state index contributed by atoms with van der Waals surface area (Å²) in [6, 6.07) is 17.3. The fourth-order valence-corrected chi connectivity index (χ4v) is 2.97. The molecular formula is C21H18O4. The van der Waals surface area contributed by atoms with E-state index >= 15 is 0 Å². The van der Waals surface area contributed by atoms with Crippen LogP contribution in [0.15, 0.2) is 74.5 Å².